The summed E-state index contributed by atoms with van der Waals surface area (Å²) in [7, 11) is 0. The van der Waals surface area contributed by atoms with Gasteiger partial charge in [0, 0.05) is 6.04 Å². The normalized spacial score (nSPS) is 13.2. The maximum atomic E-state index is 12.4. The lowest BCUT2D eigenvalue weighted by Crippen LogP contribution is -2.48. The summed E-state index contributed by atoms with van der Waals surface area (Å²) in [5, 5.41) is 12.1. The third kappa shape index (κ3) is 6.26. The Labute approximate surface area is 101 Å². The number of rotatable bonds is 7. The Morgan fingerprint density at radius 2 is 1.89 bits per heavy atom. The predicted octanol–water partition coefficient (Wildman–Crippen LogP) is 1.44. The van der Waals surface area contributed by atoms with E-state index in [2.05, 4.69) is 5.32 Å². The maximum absolute atomic E-state index is 12.4. The highest BCUT2D eigenvalue weighted by molar-refractivity contribution is 5.75. The van der Waals surface area contributed by atoms with Crippen molar-refractivity contribution >= 4 is 12.0 Å². The minimum atomic E-state index is -4.31. The molecule has 1 atom stereocenters. The molecule has 0 aromatic carbocycles. The van der Waals surface area contributed by atoms with Crippen LogP contribution < -0.4 is 10.6 Å². The molecule has 0 aromatic heterocycles. The molecule has 9 heteroatoms. The first-order valence-electron chi connectivity index (χ1n) is 5.11. The van der Waals surface area contributed by atoms with Crippen molar-refractivity contribution in [3.8, 4) is 0 Å². The van der Waals surface area contributed by atoms with E-state index in [0.717, 1.165) is 0 Å². The first kappa shape index (κ1) is 16.5. The highest BCUT2D eigenvalue weighted by Crippen LogP contribution is 2.21. The van der Waals surface area contributed by atoms with Crippen LogP contribution in [-0.2, 0) is 4.79 Å². The van der Waals surface area contributed by atoms with E-state index in [1.54, 1.807) is 12.2 Å². The van der Waals surface area contributed by atoms with Crippen molar-refractivity contribution in [2.24, 2.45) is 0 Å². The first-order valence-corrected chi connectivity index (χ1v) is 5.11. The van der Waals surface area contributed by atoms with Gasteiger partial charge in [0.15, 0.2) is 0 Å². The van der Waals surface area contributed by atoms with Crippen LogP contribution in [0.4, 0.5) is 22.4 Å². The van der Waals surface area contributed by atoms with E-state index in [-0.39, 0.29) is 12.8 Å². The molecule has 0 saturated heterocycles. The molecule has 0 aromatic rings. The van der Waals surface area contributed by atoms with Crippen molar-refractivity contribution < 1.29 is 32.3 Å². The average molecular weight is 274 g/mol. The van der Waals surface area contributed by atoms with Crippen molar-refractivity contribution in [1.29, 1.82) is 0 Å². The molecule has 0 bridgehead atoms. The van der Waals surface area contributed by atoms with Crippen LogP contribution in [0.15, 0.2) is 0 Å². The number of hydrogen-bond donors (Lipinski definition) is 3. The molecule has 0 heterocycles. The highest BCUT2D eigenvalue weighted by atomic mass is 19.3. The second-order valence-corrected chi connectivity index (χ2v) is 3.59. The highest BCUT2D eigenvalue weighted by Gasteiger charge is 2.40. The number of aliphatic carboxylic acids is 1. The summed E-state index contributed by atoms with van der Waals surface area (Å²) >= 11 is 0. The van der Waals surface area contributed by atoms with Crippen molar-refractivity contribution in [3.05, 3.63) is 0 Å². The van der Waals surface area contributed by atoms with Crippen LogP contribution in [0.2, 0.25) is 0 Å². The van der Waals surface area contributed by atoms with Gasteiger partial charge >= 0.3 is 24.3 Å². The minimum absolute atomic E-state index is 0.269. The van der Waals surface area contributed by atoms with Crippen molar-refractivity contribution in [3.63, 3.8) is 0 Å². The number of halogens is 4. The monoisotopic (exact) mass is 274 g/mol. The van der Waals surface area contributed by atoms with Gasteiger partial charge in [-0.15, -0.1) is 0 Å². The van der Waals surface area contributed by atoms with Crippen LogP contribution >= 0.6 is 0 Å². The molecular formula is C9H14F4N2O3. The van der Waals surface area contributed by atoms with Crippen LogP contribution in [0.25, 0.3) is 0 Å². The van der Waals surface area contributed by atoms with Gasteiger partial charge in [0.25, 0.3) is 0 Å². The predicted molar refractivity (Wildman–Crippen MR) is 53.8 cm³/mol. The van der Waals surface area contributed by atoms with E-state index in [4.69, 9.17) is 5.11 Å². The number of carboxylic acid groups (broad SMARTS) is 1. The molecule has 2 amide bonds. The standard InChI is InChI=1S/C9H14F4N2O3/c1-2-5(3-6(16)17)15-8(18)14-4-9(12,13)7(10)11/h5,7H,2-4H2,1H3,(H,16,17)(H2,14,15,18). The van der Waals surface area contributed by atoms with Gasteiger partial charge in [-0.25, -0.2) is 13.6 Å². The number of carboxylic acids is 1. The van der Waals surface area contributed by atoms with Gasteiger partial charge in [-0.05, 0) is 6.42 Å². The number of carbonyl (C=O) groups is 2. The maximum Gasteiger partial charge on any atom is 0.324 e. The summed E-state index contributed by atoms with van der Waals surface area (Å²) in [6.07, 6.45) is -3.99. The van der Waals surface area contributed by atoms with Crippen LogP contribution in [0, 0.1) is 0 Å². The molecule has 106 valence electrons. The zero-order valence-electron chi connectivity index (χ0n) is 9.55. The van der Waals surface area contributed by atoms with Crippen LogP contribution in [0.3, 0.4) is 0 Å². The molecule has 0 aliphatic heterocycles. The van der Waals surface area contributed by atoms with Crippen LogP contribution in [-0.4, -0.2) is 42.0 Å². The molecule has 0 fully saturated rings. The molecule has 0 aliphatic rings. The second kappa shape index (κ2) is 7.02. The SMILES string of the molecule is CCC(CC(=O)O)NC(=O)NCC(F)(F)C(F)F. The lowest BCUT2D eigenvalue weighted by atomic mass is 10.1. The number of hydrogen-bond acceptors (Lipinski definition) is 2. The molecule has 3 N–H and O–H groups in total. The fourth-order valence-corrected chi connectivity index (χ4v) is 1.02. The van der Waals surface area contributed by atoms with Crippen molar-refractivity contribution in [2.75, 3.05) is 6.54 Å². The Morgan fingerprint density at radius 3 is 2.28 bits per heavy atom. The van der Waals surface area contributed by atoms with Gasteiger partial charge in [0.2, 0.25) is 0 Å². The van der Waals surface area contributed by atoms with E-state index < -0.39 is 36.9 Å². The lowest BCUT2D eigenvalue weighted by molar-refractivity contribution is -0.137. The molecule has 0 aliphatic carbocycles. The molecule has 0 radical (unpaired) electrons. The summed E-state index contributed by atoms with van der Waals surface area (Å²) in [6.45, 7) is 0.0711. The zero-order valence-corrected chi connectivity index (χ0v) is 9.55. The van der Waals surface area contributed by atoms with Gasteiger partial charge in [0.05, 0.1) is 13.0 Å². The fourth-order valence-electron chi connectivity index (χ4n) is 1.02. The summed E-state index contributed by atoms with van der Waals surface area (Å²) in [5.41, 5.74) is 0. The van der Waals surface area contributed by atoms with E-state index in [1.807, 2.05) is 0 Å². The summed E-state index contributed by atoms with van der Waals surface area (Å²) in [5.74, 6) is -5.48. The van der Waals surface area contributed by atoms with E-state index >= 15 is 0 Å². The third-order valence-corrected chi connectivity index (χ3v) is 2.05. The van der Waals surface area contributed by atoms with Crippen LogP contribution in [0.1, 0.15) is 19.8 Å². The number of amides is 2. The number of alkyl halides is 4. The number of carbonyl (C=O) groups excluding carboxylic acids is 1. The van der Waals surface area contributed by atoms with Gasteiger partial charge in [-0.2, -0.15) is 8.78 Å². The van der Waals surface area contributed by atoms with Gasteiger partial charge in [0.1, 0.15) is 0 Å². The summed E-state index contributed by atoms with van der Waals surface area (Å²) < 4.78 is 48.4. The van der Waals surface area contributed by atoms with Gasteiger partial charge < -0.3 is 15.7 Å². The molecule has 0 rings (SSSR count). The Morgan fingerprint density at radius 1 is 1.33 bits per heavy atom. The van der Waals surface area contributed by atoms with E-state index in [1.165, 1.54) is 0 Å². The Balaban J connectivity index is 4.14. The molecule has 1 unspecified atom stereocenters. The van der Waals surface area contributed by atoms with Crippen molar-refractivity contribution in [2.45, 2.75) is 38.2 Å². The van der Waals surface area contributed by atoms with Gasteiger partial charge in [-0.1, -0.05) is 6.92 Å². The topological polar surface area (TPSA) is 78.4 Å². The largest absolute Gasteiger partial charge is 0.481 e. The Hall–Kier alpha value is -1.54. The van der Waals surface area contributed by atoms with Crippen LogP contribution in [0.5, 0.6) is 0 Å². The zero-order chi connectivity index (χ0) is 14.3. The van der Waals surface area contributed by atoms with Crippen molar-refractivity contribution in [1.82, 2.24) is 10.6 Å². The molecule has 18 heavy (non-hydrogen) atoms. The number of urea groups is 1. The molecule has 0 spiro atoms. The Bertz CT molecular complexity index is 300. The third-order valence-electron chi connectivity index (χ3n) is 2.05. The lowest BCUT2D eigenvalue weighted by Gasteiger charge is -2.18. The first-order chi connectivity index (χ1) is 8.19. The second-order valence-electron chi connectivity index (χ2n) is 3.59. The smallest absolute Gasteiger partial charge is 0.324 e. The summed E-state index contributed by atoms with van der Waals surface area (Å²) in [6, 6.07) is -1.86. The van der Waals surface area contributed by atoms with E-state index in [9.17, 15) is 27.2 Å². The quantitative estimate of drug-likeness (QED) is 0.615. The minimum Gasteiger partial charge on any atom is -0.481 e. The molecule has 0 saturated carbocycles. The number of nitrogens with one attached hydrogen (secondary N) is 2. The average Bonchev–Trinajstić information content (AvgIpc) is 2.24. The fraction of sp³-hybridized carbons (Fsp3) is 0.778. The Kier molecular flexibility index (Phi) is 6.42. The summed E-state index contributed by atoms with van der Waals surface area (Å²) in [4.78, 5) is 21.4. The molecule has 5 nitrogen and oxygen atoms in total. The molecular weight excluding hydrogens is 260 g/mol. The van der Waals surface area contributed by atoms with E-state index in [0.29, 0.717) is 0 Å². The van der Waals surface area contributed by atoms with Gasteiger partial charge in [-0.3, -0.25) is 4.79 Å².